The first-order chi connectivity index (χ1) is 14.5. The van der Waals surface area contributed by atoms with E-state index in [4.69, 9.17) is 0 Å². The number of halogens is 1. The number of nitrogens with zero attached hydrogens (tertiary/aromatic N) is 3. The number of hydroxylamine groups is 1. The fraction of sp³-hybridized carbons (Fsp3) is 0.667. The molecule has 2 saturated carbocycles. The Kier molecular flexibility index (Phi) is 5.47. The van der Waals surface area contributed by atoms with Gasteiger partial charge in [0.15, 0.2) is 0 Å². The van der Waals surface area contributed by atoms with Gasteiger partial charge in [-0.05, 0) is 0 Å². The average molecular weight is 520 g/mol. The van der Waals surface area contributed by atoms with Gasteiger partial charge in [0.1, 0.15) is 0 Å². The molecule has 1 N–H and O–H groups in total. The zero-order chi connectivity index (χ0) is 21.0. The molecule has 0 spiro atoms. The molecule has 2 heterocycles. The van der Waals surface area contributed by atoms with Gasteiger partial charge in [-0.2, -0.15) is 0 Å². The summed E-state index contributed by atoms with van der Waals surface area (Å²) in [6.45, 7) is 4.57. The third kappa shape index (κ3) is 3.62. The van der Waals surface area contributed by atoms with Crippen LogP contribution in [-0.2, 0) is 12.8 Å². The van der Waals surface area contributed by atoms with Crippen LogP contribution in [0.1, 0.15) is 59.9 Å². The minimum atomic E-state index is 0.326. The topological polar surface area (TPSA) is 73.0 Å². The Morgan fingerprint density at radius 1 is 1.30 bits per heavy atom. The summed E-state index contributed by atoms with van der Waals surface area (Å²) >= 11 is 0.473. The first kappa shape index (κ1) is 20.9. The van der Waals surface area contributed by atoms with Crippen molar-refractivity contribution in [2.75, 3.05) is 30.1 Å². The molecule has 5 atom stereocenters. The quantitative estimate of drug-likeness (QED) is 0.158. The van der Waals surface area contributed by atoms with Crippen LogP contribution in [0.4, 0.5) is 5.69 Å². The van der Waals surface area contributed by atoms with Crippen molar-refractivity contribution in [1.82, 2.24) is 5.32 Å². The van der Waals surface area contributed by atoms with Gasteiger partial charge in [0, 0.05) is 0 Å². The fourth-order valence-corrected chi connectivity index (χ4v) is 7.82. The van der Waals surface area contributed by atoms with E-state index in [1.807, 2.05) is 33.4 Å². The van der Waals surface area contributed by atoms with Crippen molar-refractivity contribution in [3.63, 3.8) is 0 Å². The van der Waals surface area contributed by atoms with Crippen molar-refractivity contribution in [2.45, 2.75) is 67.4 Å². The maximum atomic E-state index is 13.1. The number of aliphatic imine (C=N–C) groups is 2. The first-order valence-electron chi connectivity index (χ1n) is 11.4. The van der Waals surface area contributed by atoms with Crippen LogP contribution < -0.4 is 31.6 Å². The number of nitrogens with one attached hydrogen (secondary N) is 1. The number of hydrogen-bond donors (Lipinski definition) is 1. The summed E-state index contributed by atoms with van der Waals surface area (Å²) in [5, 5.41) is 18.0. The van der Waals surface area contributed by atoms with Gasteiger partial charge >= 0.3 is 191 Å². The van der Waals surface area contributed by atoms with Crippen LogP contribution in [0.15, 0.2) is 9.98 Å². The molecular formula is C24H33IN4O-2. The summed E-state index contributed by atoms with van der Waals surface area (Å²) in [6, 6.07) is 0.710. The molecule has 0 bridgehead atoms. The molecule has 4 fully saturated rings. The monoisotopic (exact) mass is 520 g/mol. The van der Waals surface area contributed by atoms with E-state index < -0.39 is 0 Å². The van der Waals surface area contributed by atoms with Crippen LogP contribution in [-0.4, -0.2) is 53.0 Å². The Morgan fingerprint density at radius 3 is 2.60 bits per heavy atom. The number of anilines is 1. The Hall–Kier alpha value is -0.990. The van der Waals surface area contributed by atoms with Crippen molar-refractivity contribution in [3.05, 3.63) is 33.0 Å². The maximum absolute atomic E-state index is 13.1. The SMILES string of the molecule is CCN([O-])c1c(C)c(C=NC)c(C2CC2C2C[I-]2)c(CC23CC2N3)c1CCC=NC. The Labute approximate surface area is 190 Å². The van der Waals surface area contributed by atoms with Crippen molar-refractivity contribution in [1.29, 1.82) is 0 Å². The molecule has 2 aliphatic heterocycles. The molecule has 1 aromatic carbocycles. The second kappa shape index (κ2) is 7.85. The van der Waals surface area contributed by atoms with E-state index in [0.29, 0.717) is 45.2 Å². The van der Waals surface area contributed by atoms with Crippen molar-refractivity contribution >= 4 is 18.1 Å². The van der Waals surface area contributed by atoms with Gasteiger partial charge in [-0.3, -0.25) is 0 Å². The van der Waals surface area contributed by atoms with Gasteiger partial charge < -0.3 is 0 Å². The zero-order valence-electron chi connectivity index (χ0n) is 18.5. The second-order valence-corrected chi connectivity index (χ2v) is 12.7. The zero-order valence-corrected chi connectivity index (χ0v) is 20.7. The predicted octanol–water partition coefficient (Wildman–Crippen LogP) is 0.233. The van der Waals surface area contributed by atoms with Crippen LogP contribution >= 0.6 is 0 Å². The van der Waals surface area contributed by atoms with Gasteiger partial charge in [-0.15, -0.1) is 0 Å². The van der Waals surface area contributed by atoms with Crippen molar-refractivity contribution in [2.24, 2.45) is 15.9 Å². The van der Waals surface area contributed by atoms with E-state index >= 15 is 0 Å². The van der Waals surface area contributed by atoms with Crippen molar-refractivity contribution in [3.8, 4) is 0 Å². The van der Waals surface area contributed by atoms with Gasteiger partial charge in [0.2, 0.25) is 0 Å². The summed E-state index contributed by atoms with van der Waals surface area (Å²) in [7, 11) is 3.69. The number of hydrogen-bond acceptors (Lipinski definition) is 5. The van der Waals surface area contributed by atoms with Gasteiger partial charge in [0.25, 0.3) is 0 Å². The van der Waals surface area contributed by atoms with E-state index in [9.17, 15) is 5.21 Å². The van der Waals surface area contributed by atoms with Crippen LogP contribution in [0.25, 0.3) is 0 Å². The molecule has 30 heavy (non-hydrogen) atoms. The normalized spacial score (nSPS) is 33.5. The number of fused-ring (bicyclic) bond motifs is 1. The molecule has 4 aliphatic rings. The Balaban J connectivity index is 1.67. The molecule has 0 aromatic heterocycles. The molecule has 6 heteroatoms. The third-order valence-electron chi connectivity index (χ3n) is 7.48. The Bertz CT molecular complexity index is 901. The molecule has 2 saturated heterocycles. The van der Waals surface area contributed by atoms with E-state index in [-0.39, 0.29) is 0 Å². The second-order valence-electron chi connectivity index (χ2n) is 9.38. The van der Waals surface area contributed by atoms with E-state index in [0.717, 1.165) is 40.4 Å². The molecule has 0 amide bonds. The minimum absolute atomic E-state index is 0.326. The molecule has 164 valence electrons. The fourth-order valence-electron chi connectivity index (χ4n) is 5.43. The van der Waals surface area contributed by atoms with Crippen LogP contribution in [0.3, 0.4) is 0 Å². The van der Waals surface area contributed by atoms with Gasteiger partial charge in [0.05, 0.1) is 0 Å². The van der Waals surface area contributed by atoms with Crippen molar-refractivity contribution < 1.29 is 21.2 Å². The molecule has 2 aliphatic carbocycles. The van der Waals surface area contributed by atoms with Gasteiger partial charge in [-0.1, -0.05) is 0 Å². The van der Waals surface area contributed by atoms with E-state index in [1.165, 1.54) is 39.0 Å². The van der Waals surface area contributed by atoms with E-state index in [2.05, 4.69) is 22.2 Å². The standard InChI is InChI=1S/C24H33IN4O/c1-5-29(30)23-14(2)19(13-27-4)22(17-9-16(17)20-12-25-20)18(10-24-11-21(24)28-24)15(23)7-6-8-26-3/h8,13,16-17,20-21,28H,5-7,9-12H2,1-4H3/q-2. The van der Waals surface area contributed by atoms with Gasteiger partial charge in [-0.25, -0.2) is 0 Å². The third-order valence-corrected chi connectivity index (χ3v) is 10.3. The summed E-state index contributed by atoms with van der Waals surface area (Å²) in [6.07, 6.45) is 9.53. The van der Waals surface area contributed by atoms with Crippen LogP contribution in [0, 0.1) is 18.0 Å². The molecule has 1 aromatic rings. The summed E-state index contributed by atoms with van der Waals surface area (Å²) < 4.78 is 2.56. The Morgan fingerprint density at radius 2 is 2.03 bits per heavy atom. The summed E-state index contributed by atoms with van der Waals surface area (Å²) in [5.41, 5.74) is 7.91. The van der Waals surface area contributed by atoms with E-state index in [1.54, 1.807) is 5.56 Å². The molecule has 5 unspecified atom stereocenters. The molecule has 5 rings (SSSR count). The number of benzene rings is 1. The number of rotatable bonds is 10. The molecule has 0 radical (unpaired) electrons. The molecule has 5 nitrogen and oxygen atoms in total. The first-order valence-corrected chi connectivity index (χ1v) is 14.1. The summed E-state index contributed by atoms with van der Waals surface area (Å²) in [5.74, 6) is 1.57. The predicted molar refractivity (Wildman–Crippen MR) is 121 cm³/mol. The number of alkyl halides is 2. The molecular weight excluding hydrogens is 487 g/mol. The average Bonchev–Trinajstić information content (AvgIpc) is 3.54. The van der Waals surface area contributed by atoms with Crippen LogP contribution in [0.2, 0.25) is 0 Å². The van der Waals surface area contributed by atoms with Crippen LogP contribution in [0.5, 0.6) is 0 Å². The summed E-state index contributed by atoms with van der Waals surface area (Å²) in [4.78, 5) is 8.65.